The first-order valence-electron chi connectivity index (χ1n) is 8.97. The molecule has 0 unspecified atom stereocenters. The van der Waals surface area contributed by atoms with Crippen LogP contribution < -0.4 is 5.32 Å². The molecule has 0 fully saturated rings. The van der Waals surface area contributed by atoms with Gasteiger partial charge in [0.05, 0.1) is 9.75 Å². The predicted octanol–water partition coefficient (Wildman–Crippen LogP) is 5.90. The minimum Gasteiger partial charge on any atom is -0.354 e. The molecule has 0 radical (unpaired) electrons. The largest absolute Gasteiger partial charge is 0.354 e. The molecule has 0 bridgehead atoms. The van der Waals surface area contributed by atoms with E-state index in [1.165, 1.54) is 22.7 Å². The second kappa shape index (κ2) is 8.94. The van der Waals surface area contributed by atoms with Gasteiger partial charge in [0.25, 0.3) is 0 Å². The van der Waals surface area contributed by atoms with Crippen molar-refractivity contribution in [1.82, 2.24) is 5.32 Å². The lowest BCUT2D eigenvalue weighted by Crippen LogP contribution is -2.30. The fourth-order valence-electron chi connectivity index (χ4n) is 2.63. The molecular formula is C21H21NO3S3. The third-order valence-corrected chi connectivity index (χ3v) is 7.74. The second-order valence-corrected chi connectivity index (χ2v) is 9.94. The second-order valence-electron chi connectivity index (χ2n) is 6.69. The average Bonchev–Trinajstić information content (AvgIpc) is 3.37. The van der Waals surface area contributed by atoms with Crippen LogP contribution in [-0.2, 0) is 4.79 Å². The fraction of sp³-hybridized carbons (Fsp3) is 0.286. The van der Waals surface area contributed by atoms with Crippen molar-refractivity contribution in [2.75, 3.05) is 0 Å². The highest BCUT2D eigenvalue weighted by molar-refractivity contribution is 7.27. The van der Waals surface area contributed by atoms with E-state index in [0.29, 0.717) is 4.88 Å². The zero-order chi connectivity index (χ0) is 20.3. The summed E-state index contributed by atoms with van der Waals surface area (Å²) in [6, 6.07) is 11.8. The van der Waals surface area contributed by atoms with Crippen LogP contribution >= 0.6 is 34.0 Å². The van der Waals surface area contributed by atoms with Crippen LogP contribution in [-0.4, -0.2) is 23.5 Å². The van der Waals surface area contributed by atoms with Crippen LogP contribution in [0.3, 0.4) is 0 Å². The van der Waals surface area contributed by atoms with Gasteiger partial charge in [0, 0.05) is 38.4 Å². The Morgan fingerprint density at radius 3 is 1.82 bits per heavy atom. The number of Topliss-reactive ketones (excluding diaryl/α,β-unsaturated/α-hetero) is 2. The van der Waals surface area contributed by atoms with Crippen LogP contribution in [0.2, 0.25) is 0 Å². The molecule has 146 valence electrons. The fourth-order valence-corrected chi connectivity index (χ4v) is 5.69. The molecule has 1 N–H and O–H groups in total. The van der Waals surface area contributed by atoms with E-state index >= 15 is 0 Å². The van der Waals surface area contributed by atoms with E-state index in [1.54, 1.807) is 18.3 Å². The standard InChI is InChI=1S/C21H21NO3S3/c1-12(2)22-21(25)11-4-14(24)16-6-8-18(27-16)20-10-9-19(28-20)17-7-5-15(26-17)13(3)23/h5-10,12H,4,11H2,1-3H3,(H,22,25). The molecule has 0 aliphatic carbocycles. The van der Waals surface area contributed by atoms with Gasteiger partial charge in [0.15, 0.2) is 11.6 Å². The third-order valence-electron chi connectivity index (χ3n) is 3.95. The molecule has 0 aromatic carbocycles. The topological polar surface area (TPSA) is 63.2 Å². The van der Waals surface area contributed by atoms with Crippen LogP contribution in [0.1, 0.15) is 53.0 Å². The highest BCUT2D eigenvalue weighted by atomic mass is 32.1. The normalized spacial score (nSPS) is 11.0. The molecule has 28 heavy (non-hydrogen) atoms. The Morgan fingerprint density at radius 2 is 1.29 bits per heavy atom. The Morgan fingerprint density at radius 1 is 0.786 bits per heavy atom. The van der Waals surface area contributed by atoms with Gasteiger partial charge in [0.1, 0.15) is 0 Å². The van der Waals surface area contributed by atoms with Crippen molar-refractivity contribution < 1.29 is 14.4 Å². The molecule has 3 aromatic rings. The van der Waals surface area contributed by atoms with Gasteiger partial charge in [-0.15, -0.1) is 34.0 Å². The Hall–Kier alpha value is -2.09. The predicted molar refractivity (Wildman–Crippen MR) is 118 cm³/mol. The minimum atomic E-state index is -0.0936. The van der Waals surface area contributed by atoms with Crippen molar-refractivity contribution in [3.05, 3.63) is 46.2 Å². The minimum absolute atomic E-state index is 0.00343. The summed E-state index contributed by atoms with van der Waals surface area (Å²) >= 11 is 4.60. The molecule has 3 aromatic heterocycles. The maximum atomic E-state index is 12.4. The van der Waals surface area contributed by atoms with Crippen molar-refractivity contribution in [2.24, 2.45) is 0 Å². The van der Waals surface area contributed by atoms with E-state index in [2.05, 4.69) is 5.32 Å². The van der Waals surface area contributed by atoms with Gasteiger partial charge in [-0.3, -0.25) is 14.4 Å². The molecule has 0 aliphatic rings. The van der Waals surface area contributed by atoms with Crippen molar-refractivity contribution >= 4 is 51.5 Å². The molecule has 1 amide bonds. The highest BCUT2D eigenvalue weighted by Crippen LogP contribution is 2.40. The van der Waals surface area contributed by atoms with Crippen molar-refractivity contribution in [1.29, 1.82) is 0 Å². The molecule has 0 spiro atoms. The summed E-state index contributed by atoms with van der Waals surface area (Å²) in [7, 11) is 0. The van der Waals surface area contributed by atoms with E-state index in [0.717, 1.165) is 24.4 Å². The van der Waals surface area contributed by atoms with Gasteiger partial charge in [-0.1, -0.05) is 0 Å². The average molecular weight is 432 g/mol. The van der Waals surface area contributed by atoms with Crippen LogP contribution in [0, 0.1) is 0 Å². The molecule has 3 heterocycles. The molecular weight excluding hydrogens is 410 g/mol. The summed E-state index contributed by atoms with van der Waals surface area (Å²) < 4.78 is 0. The molecule has 7 heteroatoms. The van der Waals surface area contributed by atoms with Crippen LogP contribution in [0.25, 0.3) is 19.5 Å². The SMILES string of the molecule is CC(=O)c1ccc(-c2ccc(-c3ccc(C(=O)CCC(=O)NC(C)C)s3)s2)s1. The molecule has 0 saturated carbocycles. The number of thiophene rings is 3. The first-order chi connectivity index (χ1) is 13.3. The monoisotopic (exact) mass is 431 g/mol. The van der Waals surface area contributed by atoms with Crippen molar-refractivity contribution in [3.63, 3.8) is 0 Å². The summed E-state index contributed by atoms with van der Waals surface area (Å²) in [4.78, 5) is 41.3. The molecule has 0 saturated heterocycles. The first-order valence-corrected chi connectivity index (χ1v) is 11.4. The lowest BCUT2D eigenvalue weighted by atomic mass is 10.2. The maximum Gasteiger partial charge on any atom is 0.220 e. The lowest BCUT2D eigenvalue weighted by molar-refractivity contribution is -0.121. The van der Waals surface area contributed by atoms with Crippen LogP contribution in [0.4, 0.5) is 0 Å². The van der Waals surface area contributed by atoms with E-state index in [4.69, 9.17) is 0 Å². The smallest absolute Gasteiger partial charge is 0.220 e. The van der Waals surface area contributed by atoms with E-state index in [9.17, 15) is 14.4 Å². The molecule has 3 rings (SSSR count). The number of carbonyl (C=O) groups is 3. The number of nitrogens with one attached hydrogen (secondary N) is 1. The van der Waals surface area contributed by atoms with Gasteiger partial charge in [-0.2, -0.15) is 0 Å². The molecule has 4 nitrogen and oxygen atoms in total. The summed E-state index contributed by atoms with van der Waals surface area (Å²) in [5, 5.41) is 2.80. The number of ketones is 2. The van der Waals surface area contributed by atoms with Gasteiger partial charge in [0.2, 0.25) is 5.91 Å². The van der Waals surface area contributed by atoms with Crippen molar-refractivity contribution in [2.45, 2.75) is 39.7 Å². The quantitative estimate of drug-likeness (QED) is 0.452. The maximum absolute atomic E-state index is 12.4. The number of hydrogen-bond acceptors (Lipinski definition) is 6. The Bertz CT molecular complexity index is 1010. The first kappa shape index (κ1) is 20.6. The van der Waals surface area contributed by atoms with Gasteiger partial charge in [-0.25, -0.2) is 0 Å². The summed E-state index contributed by atoms with van der Waals surface area (Å²) in [5.41, 5.74) is 0. The zero-order valence-corrected chi connectivity index (χ0v) is 18.4. The zero-order valence-electron chi connectivity index (χ0n) is 15.9. The lowest BCUT2D eigenvalue weighted by Gasteiger charge is -2.07. The number of carbonyl (C=O) groups excluding carboxylic acids is 3. The van der Waals surface area contributed by atoms with Gasteiger partial charge in [-0.05, 0) is 57.2 Å². The van der Waals surface area contributed by atoms with Gasteiger partial charge < -0.3 is 5.32 Å². The summed E-state index contributed by atoms with van der Waals surface area (Å²) in [6.45, 7) is 5.38. The van der Waals surface area contributed by atoms with Gasteiger partial charge >= 0.3 is 0 Å². The van der Waals surface area contributed by atoms with Crippen LogP contribution in [0.5, 0.6) is 0 Å². The van der Waals surface area contributed by atoms with E-state index in [1.807, 2.05) is 50.2 Å². The van der Waals surface area contributed by atoms with E-state index < -0.39 is 0 Å². The Kier molecular flexibility index (Phi) is 6.59. The van der Waals surface area contributed by atoms with E-state index in [-0.39, 0.29) is 36.4 Å². The van der Waals surface area contributed by atoms with Crippen LogP contribution in [0.15, 0.2) is 36.4 Å². The highest BCUT2D eigenvalue weighted by Gasteiger charge is 2.15. The summed E-state index contributed by atoms with van der Waals surface area (Å²) in [5.74, 6) is -0.0169. The number of amides is 1. The Balaban J connectivity index is 1.67. The summed E-state index contributed by atoms with van der Waals surface area (Å²) in [6.07, 6.45) is 0.432. The number of hydrogen-bond donors (Lipinski definition) is 1. The third kappa shape index (κ3) is 5.04. The van der Waals surface area contributed by atoms with Crippen molar-refractivity contribution in [3.8, 4) is 19.5 Å². The molecule has 0 aliphatic heterocycles. The Labute approximate surface area is 176 Å². The molecule has 0 atom stereocenters. The number of rotatable bonds is 8.